The maximum Gasteiger partial charge on any atom is 0.243 e. The van der Waals surface area contributed by atoms with Gasteiger partial charge in [-0.05, 0) is 54.8 Å². The van der Waals surface area contributed by atoms with Crippen LogP contribution in [0.15, 0.2) is 53.7 Å². The molecule has 1 aliphatic rings. The topological polar surface area (TPSA) is 108 Å². The molecule has 10 heteroatoms. The standard InChI is InChI=1S/C20H23FN4O4S/c21-17-3-5-18(6-4-17)30(28,29)25-11-1-2-16(14-25)20(27)24-13-19(26)23-12-15-7-9-22-10-8-15/h3-10,16H,1-2,11-14H2,(H,23,26)(H,24,27)/t16-/m1/s1. The number of sulfonamides is 1. The van der Waals surface area contributed by atoms with Gasteiger partial charge in [-0.2, -0.15) is 4.31 Å². The molecule has 3 rings (SSSR count). The average Bonchev–Trinajstić information content (AvgIpc) is 2.77. The average molecular weight is 434 g/mol. The number of nitrogens with one attached hydrogen (secondary N) is 2. The molecule has 8 nitrogen and oxygen atoms in total. The third-order valence-electron chi connectivity index (χ3n) is 4.87. The van der Waals surface area contributed by atoms with Gasteiger partial charge in [0.05, 0.1) is 17.4 Å². The third kappa shape index (κ3) is 5.61. The van der Waals surface area contributed by atoms with E-state index in [0.29, 0.717) is 19.4 Å². The van der Waals surface area contributed by atoms with Gasteiger partial charge in [-0.3, -0.25) is 14.6 Å². The Bertz CT molecular complexity index is 984. The van der Waals surface area contributed by atoms with Crippen LogP contribution in [0.3, 0.4) is 0 Å². The maximum absolute atomic E-state index is 13.1. The third-order valence-corrected chi connectivity index (χ3v) is 6.75. The minimum absolute atomic E-state index is 0.0135. The van der Waals surface area contributed by atoms with Crippen LogP contribution >= 0.6 is 0 Å². The zero-order valence-electron chi connectivity index (χ0n) is 16.3. The zero-order valence-corrected chi connectivity index (χ0v) is 17.1. The number of piperidine rings is 1. The number of carbonyl (C=O) groups excluding carboxylic acids is 2. The summed E-state index contributed by atoms with van der Waals surface area (Å²) in [6.45, 7) is 0.440. The lowest BCUT2D eigenvalue weighted by Crippen LogP contribution is -2.47. The lowest BCUT2D eigenvalue weighted by atomic mass is 9.99. The predicted octanol–water partition coefficient (Wildman–Crippen LogP) is 1.05. The second-order valence-corrected chi connectivity index (χ2v) is 8.94. The van der Waals surface area contributed by atoms with Gasteiger partial charge in [0.2, 0.25) is 21.8 Å². The van der Waals surface area contributed by atoms with Crippen molar-refractivity contribution in [2.75, 3.05) is 19.6 Å². The van der Waals surface area contributed by atoms with E-state index in [4.69, 9.17) is 0 Å². The molecule has 1 atom stereocenters. The van der Waals surface area contributed by atoms with Gasteiger partial charge >= 0.3 is 0 Å². The number of aromatic nitrogens is 1. The first-order chi connectivity index (χ1) is 14.4. The van der Waals surface area contributed by atoms with Crippen LogP contribution in [0.2, 0.25) is 0 Å². The van der Waals surface area contributed by atoms with Gasteiger partial charge in [0.15, 0.2) is 0 Å². The fourth-order valence-electron chi connectivity index (χ4n) is 3.21. The molecule has 1 saturated heterocycles. The summed E-state index contributed by atoms with van der Waals surface area (Å²) in [5, 5.41) is 5.27. The van der Waals surface area contributed by atoms with Crippen molar-refractivity contribution in [3.63, 3.8) is 0 Å². The molecule has 160 valence electrons. The van der Waals surface area contributed by atoms with Crippen LogP contribution in [-0.4, -0.2) is 49.2 Å². The second-order valence-electron chi connectivity index (χ2n) is 7.01. The van der Waals surface area contributed by atoms with Crippen molar-refractivity contribution in [2.24, 2.45) is 5.92 Å². The van der Waals surface area contributed by atoms with E-state index in [1.54, 1.807) is 24.5 Å². The number of halogens is 1. The molecular weight excluding hydrogens is 411 g/mol. The lowest BCUT2D eigenvalue weighted by molar-refractivity contribution is -0.129. The first kappa shape index (κ1) is 21.8. The summed E-state index contributed by atoms with van der Waals surface area (Å²) in [5.74, 6) is -1.78. The maximum atomic E-state index is 13.1. The van der Waals surface area contributed by atoms with E-state index in [2.05, 4.69) is 15.6 Å². The van der Waals surface area contributed by atoms with Gasteiger partial charge in [-0.1, -0.05) is 0 Å². The number of nitrogens with zero attached hydrogens (tertiary/aromatic N) is 2. The Hall–Kier alpha value is -2.85. The van der Waals surface area contributed by atoms with E-state index in [1.165, 1.54) is 16.4 Å². The molecule has 0 bridgehead atoms. The van der Waals surface area contributed by atoms with E-state index in [1.807, 2.05) is 0 Å². The molecule has 2 heterocycles. The van der Waals surface area contributed by atoms with Crippen LogP contribution < -0.4 is 10.6 Å². The fourth-order valence-corrected chi connectivity index (χ4v) is 4.73. The largest absolute Gasteiger partial charge is 0.350 e. The van der Waals surface area contributed by atoms with Gasteiger partial charge in [-0.25, -0.2) is 12.8 Å². The Balaban J connectivity index is 1.51. The van der Waals surface area contributed by atoms with Crippen molar-refractivity contribution in [2.45, 2.75) is 24.3 Å². The molecule has 1 aliphatic heterocycles. The molecule has 1 aromatic heterocycles. The Morgan fingerprint density at radius 3 is 2.50 bits per heavy atom. The SMILES string of the molecule is O=C(CNC(=O)[C@@H]1CCCN(S(=O)(=O)c2ccc(F)cc2)C1)NCc1ccncc1. The summed E-state index contributed by atoms with van der Waals surface area (Å²) in [6, 6.07) is 8.15. The van der Waals surface area contributed by atoms with Crippen LogP contribution in [0.4, 0.5) is 4.39 Å². The molecule has 2 N–H and O–H groups in total. The molecule has 1 fully saturated rings. The molecule has 2 amide bonds. The van der Waals surface area contributed by atoms with Crippen molar-refractivity contribution in [3.8, 4) is 0 Å². The molecule has 0 spiro atoms. The molecule has 2 aromatic rings. The van der Waals surface area contributed by atoms with Gasteiger partial charge in [0.1, 0.15) is 5.82 Å². The predicted molar refractivity (Wildman–Crippen MR) is 107 cm³/mol. The number of amides is 2. The summed E-state index contributed by atoms with van der Waals surface area (Å²) >= 11 is 0. The molecule has 0 aliphatic carbocycles. The highest BCUT2D eigenvalue weighted by Gasteiger charge is 2.33. The minimum atomic E-state index is -3.81. The van der Waals surface area contributed by atoms with E-state index in [0.717, 1.165) is 17.7 Å². The number of carbonyl (C=O) groups is 2. The minimum Gasteiger partial charge on any atom is -0.350 e. The number of benzene rings is 1. The van der Waals surface area contributed by atoms with Crippen molar-refractivity contribution < 1.29 is 22.4 Å². The van der Waals surface area contributed by atoms with Crippen LogP contribution in [0.5, 0.6) is 0 Å². The van der Waals surface area contributed by atoms with Gasteiger partial charge in [-0.15, -0.1) is 0 Å². The highest BCUT2D eigenvalue weighted by Crippen LogP contribution is 2.24. The Morgan fingerprint density at radius 2 is 1.80 bits per heavy atom. The van der Waals surface area contributed by atoms with E-state index in [-0.39, 0.29) is 36.3 Å². The second kappa shape index (κ2) is 9.77. The number of rotatable bonds is 7. The van der Waals surface area contributed by atoms with E-state index < -0.39 is 21.8 Å². The normalized spacial score (nSPS) is 17.3. The molecule has 30 heavy (non-hydrogen) atoms. The highest BCUT2D eigenvalue weighted by atomic mass is 32.2. The molecule has 1 aromatic carbocycles. The number of pyridine rings is 1. The zero-order chi connectivity index (χ0) is 21.6. The molecule has 0 saturated carbocycles. The van der Waals surface area contributed by atoms with Gasteiger partial charge < -0.3 is 10.6 Å². The summed E-state index contributed by atoms with van der Waals surface area (Å²) < 4.78 is 39.8. The number of hydrogen-bond donors (Lipinski definition) is 2. The smallest absolute Gasteiger partial charge is 0.243 e. The lowest BCUT2D eigenvalue weighted by Gasteiger charge is -2.31. The van der Waals surface area contributed by atoms with Crippen molar-refractivity contribution in [1.82, 2.24) is 19.9 Å². The van der Waals surface area contributed by atoms with E-state index >= 15 is 0 Å². The fraction of sp³-hybridized carbons (Fsp3) is 0.350. The monoisotopic (exact) mass is 434 g/mol. The number of hydrogen-bond acceptors (Lipinski definition) is 5. The Labute approximate surface area is 174 Å². The van der Waals surface area contributed by atoms with Gasteiger partial charge in [0.25, 0.3) is 0 Å². The highest BCUT2D eigenvalue weighted by molar-refractivity contribution is 7.89. The Kier molecular flexibility index (Phi) is 7.11. The quantitative estimate of drug-likeness (QED) is 0.677. The van der Waals surface area contributed by atoms with Crippen molar-refractivity contribution in [1.29, 1.82) is 0 Å². The van der Waals surface area contributed by atoms with Crippen molar-refractivity contribution in [3.05, 3.63) is 60.2 Å². The molecule has 0 unspecified atom stereocenters. The summed E-state index contributed by atoms with van der Waals surface area (Å²) in [4.78, 5) is 28.3. The van der Waals surface area contributed by atoms with Crippen molar-refractivity contribution >= 4 is 21.8 Å². The van der Waals surface area contributed by atoms with Crippen LogP contribution in [0.1, 0.15) is 18.4 Å². The van der Waals surface area contributed by atoms with Gasteiger partial charge in [0, 0.05) is 32.0 Å². The Morgan fingerprint density at radius 1 is 1.10 bits per heavy atom. The first-order valence-corrected chi connectivity index (χ1v) is 11.0. The van der Waals surface area contributed by atoms with Crippen LogP contribution in [0, 0.1) is 11.7 Å². The summed E-state index contributed by atoms with van der Waals surface area (Å²) in [5.41, 5.74) is 0.888. The van der Waals surface area contributed by atoms with E-state index in [9.17, 15) is 22.4 Å². The van der Waals surface area contributed by atoms with Crippen LogP contribution in [-0.2, 0) is 26.2 Å². The molecular formula is C20H23FN4O4S. The first-order valence-electron chi connectivity index (χ1n) is 9.55. The summed E-state index contributed by atoms with van der Waals surface area (Å²) in [6.07, 6.45) is 4.29. The van der Waals surface area contributed by atoms with Crippen LogP contribution in [0.25, 0.3) is 0 Å². The molecule has 0 radical (unpaired) electrons. The summed E-state index contributed by atoms with van der Waals surface area (Å²) in [7, 11) is -3.81.